The lowest BCUT2D eigenvalue weighted by molar-refractivity contribution is -0.134. The molecule has 0 radical (unpaired) electrons. The Kier molecular flexibility index (Phi) is 6.15. The second-order valence-electron chi connectivity index (χ2n) is 2.29. The Morgan fingerprint density at radius 2 is 2.00 bits per heavy atom. The molecule has 4 nitrogen and oxygen atoms in total. The van der Waals surface area contributed by atoms with Gasteiger partial charge >= 0.3 is 0 Å². The van der Waals surface area contributed by atoms with Crippen LogP contribution in [-0.4, -0.2) is 22.5 Å². The molecule has 1 aromatic carbocycles. The van der Waals surface area contributed by atoms with Crippen LogP contribution in [0.15, 0.2) is 29.4 Å². The fourth-order valence-electron chi connectivity index (χ4n) is 0.642. The van der Waals surface area contributed by atoms with E-state index in [1.54, 1.807) is 12.1 Å². The average molecular weight is 216 g/mol. The number of oxime groups is 1. The lowest BCUT2D eigenvalue weighted by atomic mass is 10.2. The number of carboxylic acid groups (broad SMARTS) is 1. The summed E-state index contributed by atoms with van der Waals surface area (Å²) in [6.07, 6.45) is 1.29. The summed E-state index contributed by atoms with van der Waals surface area (Å²) in [5.74, 6) is -0.833. The van der Waals surface area contributed by atoms with Crippen LogP contribution in [0.2, 0.25) is 5.02 Å². The molecule has 2 N–H and O–H groups in total. The first-order valence-corrected chi connectivity index (χ1v) is 4.07. The first-order chi connectivity index (χ1) is 6.57. The summed E-state index contributed by atoms with van der Waals surface area (Å²) in [5.41, 5.74) is 0.715. The molecule has 0 aromatic heterocycles. The summed E-state index contributed by atoms with van der Waals surface area (Å²) >= 11 is 5.70. The fraction of sp³-hybridized carbons (Fsp3) is 0.111. The third-order valence-corrected chi connectivity index (χ3v) is 1.45. The molecular formula is C9H10ClNO3. The monoisotopic (exact) mass is 215 g/mol. The van der Waals surface area contributed by atoms with Crippen LogP contribution in [0.25, 0.3) is 0 Å². The lowest BCUT2D eigenvalue weighted by Crippen LogP contribution is -1.80. The van der Waals surface area contributed by atoms with Gasteiger partial charge in [-0.2, -0.15) is 0 Å². The highest BCUT2D eigenvalue weighted by molar-refractivity contribution is 6.33. The highest BCUT2D eigenvalue weighted by Gasteiger charge is 1.92. The van der Waals surface area contributed by atoms with Gasteiger partial charge in [-0.15, -0.1) is 0 Å². The second kappa shape index (κ2) is 6.91. The number of benzene rings is 1. The molecule has 0 fully saturated rings. The van der Waals surface area contributed by atoms with Crippen molar-refractivity contribution in [2.45, 2.75) is 6.92 Å². The maximum Gasteiger partial charge on any atom is 0.300 e. The molecule has 5 heteroatoms. The van der Waals surface area contributed by atoms with E-state index >= 15 is 0 Å². The maximum atomic E-state index is 9.00. The fourth-order valence-corrected chi connectivity index (χ4v) is 0.827. The van der Waals surface area contributed by atoms with E-state index in [1.807, 2.05) is 12.1 Å². The van der Waals surface area contributed by atoms with Crippen molar-refractivity contribution >= 4 is 23.8 Å². The number of rotatable bonds is 1. The summed E-state index contributed by atoms with van der Waals surface area (Å²) in [4.78, 5) is 9.00. The van der Waals surface area contributed by atoms with Crippen molar-refractivity contribution in [3.63, 3.8) is 0 Å². The highest BCUT2D eigenvalue weighted by Crippen LogP contribution is 2.11. The molecule has 0 saturated heterocycles. The van der Waals surface area contributed by atoms with Crippen LogP contribution in [0.5, 0.6) is 0 Å². The number of hydrogen-bond donors (Lipinski definition) is 2. The van der Waals surface area contributed by atoms with Gasteiger partial charge < -0.3 is 10.3 Å². The van der Waals surface area contributed by atoms with Gasteiger partial charge in [0.15, 0.2) is 0 Å². The normalized spacial score (nSPS) is 9.29. The maximum absolute atomic E-state index is 9.00. The van der Waals surface area contributed by atoms with E-state index in [0.717, 1.165) is 6.92 Å². The predicted octanol–water partition coefficient (Wildman–Crippen LogP) is 2.24. The molecule has 1 aromatic rings. The van der Waals surface area contributed by atoms with Crippen molar-refractivity contribution in [2.24, 2.45) is 5.16 Å². The van der Waals surface area contributed by atoms with Gasteiger partial charge in [-0.1, -0.05) is 35.0 Å². The molecule has 0 heterocycles. The van der Waals surface area contributed by atoms with E-state index in [1.165, 1.54) is 6.21 Å². The van der Waals surface area contributed by atoms with Crippen molar-refractivity contribution in [1.29, 1.82) is 0 Å². The molecule has 0 spiro atoms. The Bertz CT molecular complexity index is 322. The molecule has 14 heavy (non-hydrogen) atoms. The first-order valence-electron chi connectivity index (χ1n) is 3.69. The highest BCUT2D eigenvalue weighted by atomic mass is 35.5. The largest absolute Gasteiger partial charge is 0.481 e. The summed E-state index contributed by atoms with van der Waals surface area (Å²) in [6, 6.07) is 7.14. The molecule has 76 valence electrons. The third kappa shape index (κ3) is 6.02. The standard InChI is InChI=1S/C7H6ClNO.C2H4O2/c8-7-4-2-1-3-6(7)5-9-10;1-2(3)4/h1-5,10H;1H3,(H,3,4). The van der Waals surface area contributed by atoms with Gasteiger partial charge in [0.05, 0.1) is 6.21 Å². The zero-order chi connectivity index (χ0) is 11.0. The van der Waals surface area contributed by atoms with Gasteiger partial charge in [0.25, 0.3) is 5.97 Å². The Hall–Kier alpha value is -1.55. The van der Waals surface area contributed by atoms with E-state index in [0.29, 0.717) is 10.6 Å². The Balaban J connectivity index is 0.000000364. The molecule has 0 saturated carbocycles. The molecule has 1 rings (SSSR count). The average Bonchev–Trinajstić information content (AvgIpc) is 2.08. The van der Waals surface area contributed by atoms with E-state index in [-0.39, 0.29) is 0 Å². The molecule has 0 aliphatic rings. The number of nitrogens with zero attached hydrogens (tertiary/aromatic N) is 1. The van der Waals surface area contributed by atoms with Gasteiger partial charge in [-0.3, -0.25) is 4.79 Å². The number of hydrogen-bond acceptors (Lipinski definition) is 3. The molecule has 0 aliphatic heterocycles. The zero-order valence-corrected chi connectivity index (χ0v) is 8.27. The molecule has 0 aliphatic carbocycles. The summed E-state index contributed by atoms with van der Waals surface area (Å²) in [5, 5.41) is 19.0. The van der Waals surface area contributed by atoms with Crippen molar-refractivity contribution in [3.8, 4) is 0 Å². The molecule has 0 amide bonds. The summed E-state index contributed by atoms with van der Waals surface area (Å²) in [7, 11) is 0. The van der Waals surface area contributed by atoms with Gasteiger partial charge in [0.1, 0.15) is 0 Å². The quantitative estimate of drug-likeness (QED) is 0.429. The van der Waals surface area contributed by atoms with Crippen LogP contribution >= 0.6 is 11.6 Å². The SMILES string of the molecule is CC(=O)O.ON=Cc1ccccc1Cl. The predicted molar refractivity (Wildman–Crippen MR) is 54.1 cm³/mol. The molecule has 0 atom stereocenters. The van der Waals surface area contributed by atoms with Gasteiger partial charge in [-0.05, 0) is 6.07 Å². The van der Waals surface area contributed by atoms with Crippen LogP contribution < -0.4 is 0 Å². The zero-order valence-electron chi connectivity index (χ0n) is 7.51. The minimum absolute atomic E-state index is 0.584. The smallest absolute Gasteiger partial charge is 0.300 e. The van der Waals surface area contributed by atoms with Crippen LogP contribution in [0.1, 0.15) is 12.5 Å². The van der Waals surface area contributed by atoms with E-state index in [9.17, 15) is 0 Å². The van der Waals surface area contributed by atoms with Crippen molar-refractivity contribution in [1.82, 2.24) is 0 Å². The van der Waals surface area contributed by atoms with Crippen molar-refractivity contribution in [3.05, 3.63) is 34.9 Å². The molecule has 0 bridgehead atoms. The Morgan fingerprint density at radius 1 is 1.50 bits per heavy atom. The van der Waals surface area contributed by atoms with Gasteiger partial charge in [0.2, 0.25) is 0 Å². The number of carbonyl (C=O) groups is 1. The topological polar surface area (TPSA) is 69.9 Å². The number of carboxylic acids is 1. The van der Waals surface area contributed by atoms with Gasteiger partial charge in [-0.25, -0.2) is 0 Å². The minimum Gasteiger partial charge on any atom is -0.481 e. The summed E-state index contributed by atoms with van der Waals surface area (Å²) < 4.78 is 0. The van der Waals surface area contributed by atoms with E-state index in [2.05, 4.69) is 5.16 Å². The van der Waals surface area contributed by atoms with E-state index < -0.39 is 5.97 Å². The number of halogens is 1. The first kappa shape index (κ1) is 12.5. The minimum atomic E-state index is -0.833. The Morgan fingerprint density at radius 3 is 2.43 bits per heavy atom. The van der Waals surface area contributed by atoms with Crippen molar-refractivity contribution in [2.75, 3.05) is 0 Å². The van der Waals surface area contributed by atoms with Crippen LogP contribution in [0.3, 0.4) is 0 Å². The third-order valence-electron chi connectivity index (χ3n) is 1.10. The van der Waals surface area contributed by atoms with Crippen LogP contribution in [0, 0.1) is 0 Å². The molecular weight excluding hydrogens is 206 g/mol. The molecule has 0 unspecified atom stereocenters. The van der Waals surface area contributed by atoms with Crippen molar-refractivity contribution < 1.29 is 15.1 Å². The van der Waals surface area contributed by atoms with Crippen LogP contribution in [0.4, 0.5) is 0 Å². The number of aliphatic carboxylic acids is 1. The second-order valence-corrected chi connectivity index (χ2v) is 2.69. The van der Waals surface area contributed by atoms with E-state index in [4.69, 9.17) is 26.7 Å². The summed E-state index contributed by atoms with van der Waals surface area (Å²) in [6.45, 7) is 1.08. The lowest BCUT2D eigenvalue weighted by Gasteiger charge is -1.92. The Labute approximate surface area is 86.4 Å². The van der Waals surface area contributed by atoms with Gasteiger partial charge in [0, 0.05) is 17.5 Å². The van der Waals surface area contributed by atoms with Crippen LogP contribution in [-0.2, 0) is 4.79 Å².